The number of benzene rings is 2. The second-order valence-electron chi connectivity index (χ2n) is 7.41. The minimum atomic E-state index is -4.83. The number of hydrogen-bond acceptors (Lipinski definition) is 5. The van der Waals surface area contributed by atoms with Crippen molar-refractivity contribution >= 4 is 22.5 Å². The molecule has 5 aromatic rings. The van der Waals surface area contributed by atoms with Gasteiger partial charge in [0.2, 0.25) is 0 Å². The van der Waals surface area contributed by atoms with Crippen molar-refractivity contribution in [2.75, 3.05) is 5.32 Å². The van der Waals surface area contributed by atoms with Crippen LogP contribution in [-0.4, -0.2) is 30.5 Å². The lowest BCUT2D eigenvalue weighted by atomic mass is 10.1. The van der Waals surface area contributed by atoms with Gasteiger partial charge < -0.3 is 9.88 Å². The van der Waals surface area contributed by atoms with Crippen LogP contribution in [0, 0.1) is 11.3 Å². The van der Waals surface area contributed by atoms with E-state index in [2.05, 4.69) is 20.5 Å². The van der Waals surface area contributed by atoms with Gasteiger partial charge in [0.1, 0.15) is 17.5 Å². The van der Waals surface area contributed by atoms with E-state index in [4.69, 9.17) is 0 Å². The van der Waals surface area contributed by atoms with E-state index in [9.17, 15) is 23.2 Å². The fraction of sp³-hybridized carbons (Fsp3) is 0.0417. The maximum atomic E-state index is 14.2. The van der Waals surface area contributed by atoms with Gasteiger partial charge in [-0.3, -0.25) is 9.78 Å². The number of alkyl halides is 3. The monoisotopic (exact) mass is 473 g/mol. The van der Waals surface area contributed by atoms with Crippen molar-refractivity contribution in [1.29, 1.82) is 5.26 Å². The van der Waals surface area contributed by atoms with Crippen LogP contribution in [0.2, 0.25) is 0 Å². The van der Waals surface area contributed by atoms with Crippen molar-refractivity contribution in [3.05, 3.63) is 96.2 Å². The van der Waals surface area contributed by atoms with Crippen LogP contribution in [0.15, 0.2) is 79.4 Å². The molecule has 0 atom stereocenters. The highest BCUT2D eigenvalue weighted by Crippen LogP contribution is 2.36. The molecule has 0 unspecified atom stereocenters. The number of amides is 1. The topological polar surface area (TPSA) is 101 Å². The molecule has 0 spiro atoms. The van der Waals surface area contributed by atoms with Gasteiger partial charge in [0, 0.05) is 23.5 Å². The van der Waals surface area contributed by atoms with Crippen LogP contribution in [0.4, 0.5) is 18.9 Å². The number of fused-ring (bicyclic) bond motifs is 1. The quantitative estimate of drug-likeness (QED) is 0.406. The molecule has 5 rings (SSSR count). The average Bonchev–Trinajstić information content (AvgIpc) is 3.54. The molecule has 0 bridgehead atoms. The van der Waals surface area contributed by atoms with Gasteiger partial charge in [0.25, 0.3) is 5.91 Å². The summed E-state index contributed by atoms with van der Waals surface area (Å²) in [6.07, 6.45) is 0.799. The Hall–Kier alpha value is -4.98. The highest BCUT2D eigenvalue weighted by molar-refractivity contribution is 6.05. The Kier molecular flexibility index (Phi) is 5.25. The lowest BCUT2D eigenvalue weighted by molar-refractivity contribution is -0.142. The zero-order valence-electron chi connectivity index (χ0n) is 17.7. The number of aromatic nitrogens is 5. The third kappa shape index (κ3) is 3.97. The molecule has 0 aliphatic carbocycles. The first kappa shape index (κ1) is 21.8. The summed E-state index contributed by atoms with van der Waals surface area (Å²) in [5.41, 5.74) is -0.270. The minimum absolute atomic E-state index is 0.135. The van der Waals surface area contributed by atoms with E-state index in [1.807, 2.05) is 6.07 Å². The molecule has 0 saturated carbocycles. The van der Waals surface area contributed by atoms with Crippen molar-refractivity contribution in [1.82, 2.24) is 24.5 Å². The first-order valence-electron chi connectivity index (χ1n) is 10.2. The smallest absolute Gasteiger partial charge is 0.322 e. The number of pyridine rings is 1. The number of anilines is 1. The summed E-state index contributed by atoms with van der Waals surface area (Å²) in [6, 6.07) is 15.5. The summed E-state index contributed by atoms with van der Waals surface area (Å²) in [7, 11) is 0. The first-order valence-corrected chi connectivity index (χ1v) is 10.2. The molecule has 11 heteroatoms. The summed E-state index contributed by atoms with van der Waals surface area (Å²) in [4.78, 5) is 18.4. The number of nitrogens with one attached hydrogen (secondary N) is 1. The average molecular weight is 473 g/mol. The molecule has 0 aliphatic heterocycles. The van der Waals surface area contributed by atoms with Crippen molar-refractivity contribution in [3.63, 3.8) is 0 Å². The van der Waals surface area contributed by atoms with Crippen LogP contribution in [0.25, 0.3) is 22.3 Å². The van der Waals surface area contributed by atoms with Crippen molar-refractivity contribution in [3.8, 4) is 17.4 Å². The maximum Gasteiger partial charge on any atom is 0.432 e. The van der Waals surface area contributed by atoms with Gasteiger partial charge in [0.05, 0.1) is 34.7 Å². The van der Waals surface area contributed by atoms with Gasteiger partial charge in [-0.05, 0) is 48.5 Å². The van der Waals surface area contributed by atoms with Crippen molar-refractivity contribution < 1.29 is 18.0 Å². The predicted molar refractivity (Wildman–Crippen MR) is 120 cm³/mol. The Balaban J connectivity index is 1.54. The molecule has 172 valence electrons. The molecule has 3 heterocycles. The predicted octanol–water partition coefficient (Wildman–Crippen LogP) is 4.75. The zero-order chi connectivity index (χ0) is 24.6. The van der Waals surface area contributed by atoms with Crippen molar-refractivity contribution in [2.24, 2.45) is 0 Å². The standard InChI is InChI=1S/C24H14F3N7O/c25-24(26,27)22-18(8-12-33(22)21-5-1-4-19-17(21)3-2-9-29-19)23(35)32-16-6-7-20(15(13-16)14-28)34-30-10-11-31-34/h1-13H,(H,32,35). The lowest BCUT2D eigenvalue weighted by Gasteiger charge is -2.16. The van der Waals surface area contributed by atoms with E-state index in [-0.39, 0.29) is 16.9 Å². The Labute approximate surface area is 195 Å². The van der Waals surface area contributed by atoms with Crippen molar-refractivity contribution in [2.45, 2.75) is 6.18 Å². The lowest BCUT2D eigenvalue weighted by Crippen LogP contribution is -2.20. The number of hydrogen-bond donors (Lipinski definition) is 1. The van der Waals surface area contributed by atoms with E-state index in [0.717, 1.165) is 10.6 Å². The first-order chi connectivity index (χ1) is 16.9. The molecule has 0 radical (unpaired) electrons. The summed E-state index contributed by atoms with van der Waals surface area (Å²) in [6.45, 7) is 0. The van der Waals surface area contributed by atoms with Crippen LogP contribution in [0.3, 0.4) is 0 Å². The number of halogens is 3. The van der Waals surface area contributed by atoms with Crippen LogP contribution in [-0.2, 0) is 6.18 Å². The minimum Gasteiger partial charge on any atom is -0.322 e. The molecule has 0 saturated heterocycles. The van der Waals surface area contributed by atoms with Gasteiger partial charge in [0.15, 0.2) is 0 Å². The van der Waals surface area contributed by atoms with Gasteiger partial charge in [-0.15, -0.1) is 0 Å². The highest BCUT2D eigenvalue weighted by Gasteiger charge is 2.39. The molecule has 8 nitrogen and oxygen atoms in total. The summed E-state index contributed by atoms with van der Waals surface area (Å²) >= 11 is 0. The fourth-order valence-electron chi connectivity index (χ4n) is 3.82. The van der Waals surface area contributed by atoms with Crippen LogP contribution < -0.4 is 5.32 Å². The molecule has 1 N–H and O–H groups in total. The molecule has 2 aromatic carbocycles. The largest absolute Gasteiger partial charge is 0.432 e. The van der Waals surface area contributed by atoms with E-state index in [1.54, 1.807) is 30.5 Å². The van der Waals surface area contributed by atoms with Gasteiger partial charge >= 0.3 is 6.18 Å². The molecule has 35 heavy (non-hydrogen) atoms. The van der Waals surface area contributed by atoms with E-state index in [1.165, 1.54) is 47.7 Å². The van der Waals surface area contributed by atoms with E-state index >= 15 is 0 Å². The van der Waals surface area contributed by atoms with Gasteiger partial charge in [-0.1, -0.05) is 6.07 Å². The van der Waals surface area contributed by atoms with E-state index in [0.29, 0.717) is 16.6 Å². The van der Waals surface area contributed by atoms with Crippen LogP contribution in [0.5, 0.6) is 0 Å². The Bertz CT molecular complexity index is 1590. The second-order valence-corrected chi connectivity index (χ2v) is 7.41. The summed E-state index contributed by atoms with van der Waals surface area (Å²) in [5, 5.41) is 20.3. The number of carbonyl (C=O) groups excluding carboxylic acids is 1. The number of nitrogens with zero attached hydrogens (tertiary/aromatic N) is 6. The third-order valence-corrected chi connectivity index (χ3v) is 5.29. The Morgan fingerprint density at radius 1 is 0.971 bits per heavy atom. The SMILES string of the molecule is N#Cc1cc(NC(=O)c2ccn(-c3cccc4ncccc34)c2C(F)(F)F)ccc1-n1nccn1. The second kappa shape index (κ2) is 8.42. The Morgan fingerprint density at radius 2 is 1.77 bits per heavy atom. The zero-order valence-corrected chi connectivity index (χ0v) is 17.7. The molecular weight excluding hydrogens is 459 g/mol. The molecule has 0 aliphatic rings. The molecule has 3 aromatic heterocycles. The number of carbonyl (C=O) groups is 1. The van der Waals surface area contributed by atoms with Gasteiger partial charge in [-0.2, -0.15) is 33.4 Å². The molecule has 1 amide bonds. The maximum absolute atomic E-state index is 14.2. The normalized spacial score (nSPS) is 11.4. The molecule has 0 fully saturated rings. The number of rotatable bonds is 4. The number of nitriles is 1. The van der Waals surface area contributed by atoms with Crippen LogP contribution >= 0.6 is 0 Å². The van der Waals surface area contributed by atoms with Gasteiger partial charge in [-0.25, -0.2) is 0 Å². The highest BCUT2D eigenvalue weighted by atomic mass is 19.4. The molecular formula is C24H14F3N7O. The van der Waals surface area contributed by atoms with Crippen LogP contribution in [0.1, 0.15) is 21.6 Å². The summed E-state index contributed by atoms with van der Waals surface area (Å²) in [5.74, 6) is -0.969. The fourth-order valence-corrected chi connectivity index (χ4v) is 3.82. The van der Waals surface area contributed by atoms with E-state index < -0.39 is 23.3 Å². The third-order valence-electron chi connectivity index (χ3n) is 5.29. The Morgan fingerprint density at radius 3 is 2.51 bits per heavy atom. The summed E-state index contributed by atoms with van der Waals surface area (Å²) < 4.78 is 43.5.